The quantitative estimate of drug-likeness (QED) is 0.669. The standard InChI is InChI=1S/C12H13FO/c1-4-12(2,3)14-9-10-5-7-11(13)8-6-10/h1,5-8H,9H2,2-3H3. The van der Waals surface area contributed by atoms with E-state index in [0.717, 1.165) is 5.56 Å². The van der Waals surface area contributed by atoms with Gasteiger partial charge in [0.25, 0.3) is 0 Å². The van der Waals surface area contributed by atoms with Crippen LogP contribution in [0.3, 0.4) is 0 Å². The van der Waals surface area contributed by atoms with Crippen LogP contribution in [0.1, 0.15) is 19.4 Å². The van der Waals surface area contributed by atoms with Gasteiger partial charge in [-0.3, -0.25) is 0 Å². The summed E-state index contributed by atoms with van der Waals surface area (Å²) in [7, 11) is 0. The second-order valence-corrected chi connectivity index (χ2v) is 3.57. The van der Waals surface area contributed by atoms with Gasteiger partial charge >= 0.3 is 0 Å². The number of ether oxygens (including phenoxy) is 1. The first-order valence-corrected chi connectivity index (χ1v) is 4.40. The molecule has 0 N–H and O–H groups in total. The molecule has 0 heterocycles. The summed E-state index contributed by atoms with van der Waals surface area (Å²) < 4.78 is 18.0. The van der Waals surface area contributed by atoms with E-state index in [1.165, 1.54) is 12.1 Å². The van der Waals surface area contributed by atoms with Gasteiger partial charge in [0.1, 0.15) is 11.4 Å². The predicted octanol–water partition coefficient (Wildman–Crippen LogP) is 2.75. The second-order valence-electron chi connectivity index (χ2n) is 3.57. The van der Waals surface area contributed by atoms with Gasteiger partial charge in [-0.1, -0.05) is 18.1 Å². The molecule has 1 nitrogen and oxygen atoms in total. The highest BCUT2D eigenvalue weighted by molar-refractivity contribution is 5.15. The van der Waals surface area contributed by atoms with Crippen molar-refractivity contribution in [2.45, 2.75) is 26.1 Å². The Morgan fingerprint density at radius 3 is 2.43 bits per heavy atom. The lowest BCUT2D eigenvalue weighted by Crippen LogP contribution is -2.21. The van der Waals surface area contributed by atoms with Crippen LogP contribution in [0, 0.1) is 18.2 Å². The number of benzene rings is 1. The molecule has 0 saturated carbocycles. The van der Waals surface area contributed by atoms with Gasteiger partial charge in [-0.15, -0.1) is 6.42 Å². The fourth-order valence-corrected chi connectivity index (χ4v) is 0.886. The van der Waals surface area contributed by atoms with Crippen LogP contribution in [0.2, 0.25) is 0 Å². The minimum Gasteiger partial charge on any atom is -0.358 e. The van der Waals surface area contributed by atoms with Crippen LogP contribution in [0.15, 0.2) is 24.3 Å². The topological polar surface area (TPSA) is 9.23 Å². The summed E-state index contributed by atoms with van der Waals surface area (Å²) in [5, 5.41) is 0. The van der Waals surface area contributed by atoms with Crippen LogP contribution in [-0.4, -0.2) is 5.60 Å². The van der Waals surface area contributed by atoms with E-state index in [4.69, 9.17) is 11.2 Å². The van der Waals surface area contributed by atoms with Crippen LogP contribution in [0.5, 0.6) is 0 Å². The molecule has 0 aromatic heterocycles. The molecule has 0 amide bonds. The Hall–Kier alpha value is -1.33. The van der Waals surface area contributed by atoms with E-state index >= 15 is 0 Å². The minimum atomic E-state index is -0.575. The summed E-state index contributed by atoms with van der Waals surface area (Å²) in [6, 6.07) is 6.17. The largest absolute Gasteiger partial charge is 0.358 e. The normalized spacial score (nSPS) is 11.0. The van der Waals surface area contributed by atoms with Gasteiger partial charge in [0.15, 0.2) is 0 Å². The second kappa shape index (κ2) is 4.26. The summed E-state index contributed by atoms with van der Waals surface area (Å²) in [6.45, 7) is 4.03. The van der Waals surface area contributed by atoms with Crippen LogP contribution < -0.4 is 0 Å². The molecule has 0 unspecified atom stereocenters. The van der Waals surface area contributed by atoms with Gasteiger partial charge < -0.3 is 4.74 Å². The molecule has 2 heteroatoms. The maximum Gasteiger partial charge on any atom is 0.123 e. The van der Waals surface area contributed by atoms with Crippen molar-refractivity contribution in [2.24, 2.45) is 0 Å². The molecule has 0 fully saturated rings. The number of halogens is 1. The Labute approximate surface area is 83.9 Å². The lowest BCUT2D eigenvalue weighted by molar-refractivity contribution is 0.0145. The van der Waals surface area contributed by atoms with E-state index in [2.05, 4.69) is 5.92 Å². The Balaban J connectivity index is 2.55. The zero-order chi connectivity index (χ0) is 10.6. The Morgan fingerprint density at radius 1 is 1.36 bits per heavy atom. The molecule has 1 rings (SSSR count). The zero-order valence-electron chi connectivity index (χ0n) is 8.38. The number of hydrogen-bond donors (Lipinski definition) is 0. The molecule has 0 aliphatic rings. The molecule has 0 bridgehead atoms. The Bertz CT molecular complexity index is 332. The van der Waals surface area contributed by atoms with Crippen LogP contribution in [0.25, 0.3) is 0 Å². The van der Waals surface area contributed by atoms with Crippen molar-refractivity contribution in [3.05, 3.63) is 35.6 Å². The Kier molecular flexibility index (Phi) is 3.27. The van der Waals surface area contributed by atoms with Gasteiger partial charge in [-0.2, -0.15) is 0 Å². The van der Waals surface area contributed by atoms with E-state index in [1.807, 2.05) is 13.8 Å². The molecule has 0 aliphatic heterocycles. The maximum atomic E-state index is 12.6. The molecule has 0 saturated heterocycles. The van der Waals surface area contributed by atoms with Crippen molar-refractivity contribution in [3.63, 3.8) is 0 Å². The highest BCUT2D eigenvalue weighted by Gasteiger charge is 2.13. The van der Waals surface area contributed by atoms with Crippen molar-refractivity contribution >= 4 is 0 Å². The summed E-state index contributed by atoms with van der Waals surface area (Å²) in [5.74, 6) is 2.28. The van der Waals surface area contributed by atoms with Crippen molar-refractivity contribution in [2.75, 3.05) is 0 Å². The number of rotatable bonds is 3. The third kappa shape index (κ3) is 3.20. The molecule has 0 spiro atoms. The van der Waals surface area contributed by atoms with Crippen LogP contribution in [-0.2, 0) is 11.3 Å². The molecule has 74 valence electrons. The molecule has 14 heavy (non-hydrogen) atoms. The average molecular weight is 192 g/mol. The first-order chi connectivity index (χ1) is 6.53. The smallest absolute Gasteiger partial charge is 0.123 e. The average Bonchev–Trinajstić information content (AvgIpc) is 2.17. The summed E-state index contributed by atoms with van der Waals surface area (Å²) >= 11 is 0. The summed E-state index contributed by atoms with van der Waals surface area (Å²) in [4.78, 5) is 0. The van der Waals surface area contributed by atoms with E-state index in [-0.39, 0.29) is 5.82 Å². The predicted molar refractivity (Wildman–Crippen MR) is 54.1 cm³/mol. The van der Waals surface area contributed by atoms with E-state index in [0.29, 0.717) is 6.61 Å². The van der Waals surface area contributed by atoms with Crippen LogP contribution >= 0.6 is 0 Å². The van der Waals surface area contributed by atoms with E-state index < -0.39 is 5.60 Å². The van der Waals surface area contributed by atoms with E-state index in [1.54, 1.807) is 12.1 Å². The molecule has 0 atom stereocenters. The third-order valence-electron chi connectivity index (χ3n) is 1.86. The van der Waals surface area contributed by atoms with E-state index in [9.17, 15) is 4.39 Å². The first-order valence-electron chi connectivity index (χ1n) is 4.40. The Morgan fingerprint density at radius 2 is 1.93 bits per heavy atom. The van der Waals surface area contributed by atoms with Gasteiger partial charge in [-0.05, 0) is 31.5 Å². The SMILES string of the molecule is C#CC(C)(C)OCc1ccc(F)cc1. The van der Waals surface area contributed by atoms with Crippen molar-refractivity contribution in [1.29, 1.82) is 0 Å². The molecule has 1 aromatic rings. The number of terminal acetylenes is 1. The lowest BCUT2D eigenvalue weighted by atomic mass is 10.1. The minimum absolute atomic E-state index is 0.245. The third-order valence-corrected chi connectivity index (χ3v) is 1.86. The van der Waals surface area contributed by atoms with Crippen LogP contribution in [0.4, 0.5) is 4.39 Å². The lowest BCUT2D eigenvalue weighted by Gasteiger charge is -2.18. The van der Waals surface area contributed by atoms with Gasteiger partial charge in [0, 0.05) is 0 Å². The van der Waals surface area contributed by atoms with Crippen molar-refractivity contribution in [3.8, 4) is 12.3 Å². The summed E-state index contributed by atoms with van der Waals surface area (Å²) in [6.07, 6.45) is 5.26. The molecule has 1 aromatic carbocycles. The maximum absolute atomic E-state index is 12.6. The van der Waals surface area contributed by atoms with Crippen molar-refractivity contribution in [1.82, 2.24) is 0 Å². The molecular weight excluding hydrogens is 179 g/mol. The van der Waals surface area contributed by atoms with Gasteiger partial charge in [0.2, 0.25) is 0 Å². The monoisotopic (exact) mass is 192 g/mol. The fourth-order valence-electron chi connectivity index (χ4n) is 0.886. The zero-order valence-corrected chi connectivity index (χ0v) is 8.38. The number of hydrogen-bond acceptors (Lipinski definition) is 1. The molecule has 0 aliphatic carbocycles. The highest BCUT2D eigenvalue weighted by Crippen LogP contribution is 2.12. The van der Waals surface area contributed by atoms with Gasteiger partial charge in [-0.25, -0.2) is 4.39 Å². The van der Waals surface area contributed by atoms with Crippen molar-refractivity contribution < 1.29 is 9.13 Å². The highest BCUT2D eigenvalue weighted by atomic mass is 19.1. The molecule has 0 radical (unpaired) electrons. The van der Waals surface area contributed by atoms with Gasteiger partial charge in [0.05, 0.1) is 6.61 Å². The fraction of sp³-hybridized carbons (Fsp3) is 0.333. The summed E-state index contributed by atoms with van der Waals surface area (Å²) in [5.41, 5.74) is 0.337. The first kappa shape index (κ1) is 10.7. The molecular formula is C12H13FO.